The van der Waals surface area contributed by atoms with Crippen molar-refractivity contribution in [2.75, 3.05) is 0 Å². The zero-order chi connectivity index (χ0) is 17.3. The monoisotopic (exact) mass is 337 g/mol. The summed E-state index contributed by atoms with van der Waals surface area (Å²) in [6.45, 7) is 9.35. The highest BCUT2D eigenvalue weighted by Crippen LogP contribution is 2.38. The average molecular weight is 338 g/mol. The Morgan fingerprint density at radius 3 is 1.95 bits per heavy atom. The molecule has 1 aliphatic rings. The summed E-state index contributed by atoms with van der Waals surface area (Å²) < 4.78 is 48.1. The van der Waals surface area contributed by atoms with Gasteiger partial charge in [-0.05, 0) is 52.2 Å². The Morgan fingerprint density at radius 1 is 1.09 bits per heavy atom. The lowest BCUT2D eigenvalue weighted by Gasteiger charge is -2.32. The third-order valence-electron chi connectivity index (χ3n) is 3.63. The lowest BCUT2D eigenvalue weighted by molar-refractivity contribution is -0.0800. The second-order valence-corrected chi connectivity index (χ2v) is 6.63. The van der Waals surface area contributed by atoms with Crippen molar-refractivity contribution in [2.45, 2.75) is 52.0 Å². The Bertz CT molecular complexity index is 509. The van der Waals surface area contributed by atoms with E-state index in [1.807, 2.05) is 27.7 Å². The van der Waals surface area contributed by atoms with Crippen molar-refractivity contribution in [3.8, 4) is 0 Å². The van der Waals surface area contributed by atoms with E-state index in [4.69, 9.17) is 26.6 Å². The molecule has 0 radical (unpaired) electrons. The maximum Gasteiger partial charge on any atom is 0.490 e. The minimum absolute atomic E-state index is 0.0284. The van der Waals surface area contributed by atoms with Gasteiger partial charge < -0.3 is 15.0 Å². The van der Waals surface area contributed by atoms with E-state index in [0.29, 0.717) is 5.47 Å². The number of hydrogen-bond acceptors (Lipinski definition) is 3. The molecule has 1 saturated heterocycles. The van der Waals surface area contributed by atoms with Crippen LogP contribution in [-0.2, 0) is 9.31 Å². The first-order valence-corrected chi connectivity index (χ1v) is 7.07. The third kappa shape index (κ3) is 5.07. The Morgan fingerprint density at radius 2 is 1.55 bits per heavy atom. The van der Waals surface area contributed by atoms with E-state index in [1.165, 1.54) is 6.08 Å². The Balaban J connectivity index is 2.88. The van der Waals surface area contributed by atoms with Crippen LogP contribution in [0, 0.1) is 0 Å². The lowest BCUT2D eigenvalue weighted by atomic mass is 9.79. The normalized spacial score (nSPS) is 23.1. The van der Waals surface area contributed by atoms with Gasteiger partial charge in [0.2, 0.25) is 0 Å². The van der Waals surface area contributed by atoms with Crippen LogP contribution in [0.1, 0.15) is 34.6 Å². The summed E-state index contributed by atoms with van der Waals surface area (Å²) in [4.78, 5) is 0. The van der Waals surface area contributed by atoms with E-state index >= 15 is 0 Å². The summed E-state index contributed by atoms with van der Waals surface area (Å²) in [5, 5.41) is -0.497. The van der Waals surface area contributed by atoms with Crippen LogP contribution in [0.15, 0.2) is 34.4 Å². The smallest absolute Gasteiger partial charge is 0.400 e. The summed E-state index contributed by atoms with van der Waals surface area (Å²) >= 11 is 5.49. The molecular weight excluding hydrogens is 317 g/mol. The number of allylic oxidation sites excluding steroid dienone is 5. The van der Waals surface area contributed by atoms with Crippen molar-refractivity contribution < 1.29 is 22.5 Å². The number of halogens is 4. The largest absolute Gasteiger partial charge is 0.490 e. The predicted molar refractivity (Wildman–Crippen MR) is 82.1 cm³/mol. The summed E-state index contributed by atoms with van der Waals surface area (Å²) in [6, 6.07) is 0. The zero-order valence-corrected chi connectivity index (χ0v) is 14.0. The lowest BCUT2D eigenvalue weighted by Crippen LogP contribution is -2.41. The Labute approximate surface area is 134 Å². The third-order valence-corrected chi connectivity index (χ3v) is 3.84. The predicted octanol–water partition coefficient (Wildman–Crippen LogP) is 4.09. The molecule has 0 aromatic heterocycles. The summed E-state index contributed by atoms with van der Waals surface area (Å²) in [7, 11) is -0.609. The maximum atomic E-state index is 12.1. The molecule has 1 heterocycles. The molecule has 1 rings (SSSR count). The maximum absolute atomic E-state index is 12.1. The first kappa shape index (κ1) is 19.1. The van der Waals surface area contributed by atoms with Crippen molar-refractivity contribution >= 4 is 18.7 Å². The van der Waals surface area contributed by atoms with Gasteiger partial charge in [-0.15, -0.1) is 0 Å². The quantitative estimate of drug-likeness (QED) is 0.623. The van der Waals surface area contributed by atoms with Gasteiger partial charge in [-0.3, -0.25) is 0 Å². The molecular formula is C14H20BClF3NO2. The van der Waals surface area contributed by atoms with Crippen molar-refractivity contribution in [3.05, 3.63) is 34.4 Å². The Kier molecular flexibility index (Phi) is 5.48. The van der Waals surface area contributed by atoms with Gasteiger partial charge in [-0.25, -0.2) is 0 Å². The van der Waals surface area contributed by atoms with Crippen LogP contribution >= 0.6 is 11.6 Å². The van der Waals surface area contributed by atoms with Crippen LogP contribution in [0.25, 0.3) is 0 Å². The number of hydrogen-bond donors (Lipinski definition) is 1. The van der Waals surface area contributed by atoms with Crippen LogP contribution in [0.3, 0.4) is 0 Å². The molecule has 3 nitrogen and oxygen atoms in total. The molecule has 0 spiro atoms. The highest BCUT2D eigenvalue weighted by atomic mass is 35.5. The van der Waals surface area contributed by atoms with E-state index in [1.54, 1.807) is 6.92 Å². The molecule has 8 heteroatoms. The molecule has 0 bridgehead atoms. The van der Waals surface area contributed by atoms with Crippen molar-refractivity contribution in [2.24, 2.45) is 5.73 Å². The van der Waals surface area contributed by atoms with Crippen LogP contribution in [0.2, 0.25) is 0 Å². The summed E-state index contributed by atoms with van der Waals surface area (Å²) in [6.07, 6.45) is -2.00. The van der Waals surface area contributed by atoms with Gasteiger partial charge in [-0.1, -0.05) is 11.6 Å². The van der Waals surface area contributed by atoms with Gasteiger partial charge in [-0.2, -0.15) is 13.2 Å². The molecule has 0 atom stereocenters. The first-order chi connectivity index (χ1) is 9.73. The van der Waals surface area contributed by atoms with Crippen LogP contribution in [-0.4, -0.2) is 24.5 Å². The van der Waals surface area contributed by atoms with Gasteiger partial charge in [0.25, 0.3) is 0 Å². The molecule has 0 aromatic rings. The molecule has 2 N–H and O–H groups in total. The van der Waals surface area contributed by atoms with Gasteiger partial charge in [0, 0.05) is 16.8 Å². The number of rotatable bonds is 3. The second-order valence-electron chi connectivity index (χ2n) is 6.19. The fraction of sp³-hybridized carbons (Fsp3) is 0.571. The first-order valence-electron chi connectivity index (χ1n) is 6.69. The molecule has 0 aromatic carbocycles. The van der Waals surface area contributed by atoms with Crippen molar-refractivity contribution in [1.82, 2.24) is 0 Å². The molecule has 1 aliphatic heterocycles. The van der Waals surface area contributed by atoms with E-state index in [-0.39, 0.29) is 11.8 Å². The molecule has 0 aliphatic carbocycles. The fourth-order valence-corrected chi connectivity index (χ4v) is 2.01. The van der Waals surface area contributed by atoms with E-state index in [9.17, 15) is 13.2 Å². The standard InChI is InChI=1S/C14H20BClF3NO2/c1-9(15-21-12(2,3)13(4,5)22-15)6-11(20)7-10(16)8-14(17,18)19/h6-8H,20H2,1-5H3/b9-6+,10-8-,11-7+. The van der Waals surface area contributed by atoms with Crippen LogP contribution < -0.4 is 5.73 Å². The fourth-order valence-electron chi connectivity index (χ4n) is 1.76. The molecule has 0 amide bonds. The minimum Gasteiger partial charge on any atom is -0.400 e. The van der Waals surface area contributed by atoms with E-state index < -0.39 is 29.5 Å². The van der Waals surface area contributed by atoms with Crippen molar-refractivity contribution in [1.29, 1.82) is 0 Å². The van der Waals surface area contributed by atoms with Crippen LogP contribution in [0.4, 0.5) is 13.2 Å². The SMILES string of the molecule is C\C(=C/C(N)=C\C(Cl)=C\C(F)(F)F)B1OC(C)(C)C(C)(C)O1. The molecule has 0 saturated carbocycles. The topological polar surface area (TPSA) is 44.5 Å². The zero-order valence-electron chi connectivity index (χ0n) is 13.2. The number of nitrogens with two attached hydrogens (primary N) is 1. The van der Waals surface area contributed by atoms with Crippen molar-refractivity contribution in [3.63, 3.8) is 0 Å². The van der Waals surface area contributed by atoms with Gasteiger partial charge in [0.05, 0.1) is 11.2 Å². The van der Waals surface area contributed by atoms with Gasteiger partial charge >= 0.3 is 13.3 Å². The summed E-state index contributed by atoms with van der Waals surface area (Å²) in [5.74, 6) is 0. The molecule has 124 valence electrons. The van der Waals surface area contributed by atoms with Gasteiger partial charge in [0.15, 0.2) is 0 Å². The molecule has 1 fully saturated rings. The Hall–Kier alpha value is -0.915. The summed E-state index contributed by atoms with van der Waals surface area (Å²) in [5.41, 5.74) is 5.40. The highest BCUT2D eigenvalue weighted by molar-refractivity contribution is 6.54. The minimum atomic E-state index is -4.49. The molecule has 0 unspecified atom stereocenters. The number of alkyl halides is 3. The van der Waals surface area contributed by atoms with E-state index in [2.05, 4.69) is 0 Å². The second kappa shape index (κ2) is 6.30. The van der Waals surface area contributed by atoms with Crippen LogP contribution in [0.5, 0.6) is 0 Å². The average Bonchev–Trinajstić information content (AvgIpc) is 2.44. The van der Waals surface area contributed by atoms with E-state index in [0.717, 1.165) is 6.08 Å². The highest BCUT2D eigenvalue weighted by Gasteiger charge is 2.51. The molecule has 22 heavy (non-hydrogen) atoms. The van der Waals surface area contributed by atoms with Gasteiger partial charge in [0.1, 0.15) is 0 Å².